The molecule has 0 saturated carbocycles. The number of urea groups is 1. The Kier molecular flexibility index (Phi) is 5.92. The molecule has 0 aromatic carbocycles. The number of ether oxygens (including phenoxy) is 1. The lowest BCUT2D eigenvalue weighted by molar-refractivity contribution is -0.137. The number of alkyl halides is 3. The van der Waals surface area contributed by atoms with Crippen molar-refractivity contribution in [1.29, 1.82) is 0 Å². The molecular weight excluding hydrogens is 423 g/mol. The minimum Gasteiger partial charge on any atom is -0.475 e. The lowest BCUT2D eigenvalue weighted by Crippen LogP contribution is -2.49. The summed E-state index contributed by atoms with van der Waals surface area (Å²) in [5.74, 6) is 0.0162. The van der Waals surface area contributed by atoms with Gasteiger partial charge < -0.3 is 10.1 Å². The minimum atomic E-state index is -4.47. The third-order valence-electron chi connectivity index (χ3n) is 3.80. The number of pyridine rings is 1. The highest BCUT2D eigenvalue weighted by molar-refractivity contribution is 7.18. The molecule has 3 N–H and O–H groups in total. The van der Waals surface area contributed by atoms with E-state index in [-0.39, 0.29) is 12.5 Å². The van der Waals surface area contributed by atoms with Gasteiger partial charge in [-0.3, -0.25) is 10.4 Å². The number of hydrogen-bond acceptors (Lipinski definition) is 7. The van der Waals surface area contributed by atoms with Crippen LogP contribution < -0.4 is 15.4 Å². The number of hydrogen-bond donors (Lipinski definition) is 3. The number of halogens is 3. The van der Waals surface area contributed by atoms with Gasteiger partial charge in [-0.1, -0.05) is 11.3 Å². The molecule has 0 aliphatic carbocycles. The first-order valence-corrected chi connectivity index (χ1v) is 9.44. The zero-order chi connectivity index (χ0) is 21.9. The Morgan fingerprint density at radius 3 is 2.60 bits per heavy atom. The number of aromatic nitrogens is 5. The van der Waals surface area contributed by atoms with Gasteiger partial charge in [0, 0.05) is 18.0 Å². The first-order valence-electron chi connectivity index (χ1n) is 8.62. The number of amides is 2. The molecule has 0 bridgehead atoms. The molecule has 3 aromatic rings. The van der Waals surface area contributed by atoms with Gasteiger partial charge in [0.05, 0.1) is 22.9 Å². The summed E-state index contributed by atoms with van der Waals surface area (Å²) in [6.07, 6.45) is -2.15. The van der Waals surface area contributed by atoms with Crippen molar-refractivity contribution < 1.29 is 22.7 Å². The second kappa shape index (κ2) is 8.26. The summed E-state index contributed by atoms with van der Waals surface area (Å²) in [7, 11) is 0. The number of nitrogens with zero attached hydrogens (tertiary/aromatic N) is 4. The number of nitrogens with one attached hydrogen (secondary N) is 3. The Hall–Kier alpha value is -3.22. The van der Waals surface area contributed by atoms with E-state index in [1.807, 2.05) is 6.92 Å². The number of aryl methyl sites for hydroxylation is 1. The summed E-state index contributed by atoms with van der Waals surface area (Å²) in [6.45, 7) is 5.21. The van der Waals surface area contributed by atoms with Gasteiger partial charge in [0.25, 0.3) is 0 Å². The number of rotatable bonds is 6. The Morgan fingerprint density at radius 1 is 1.23 bits per heavy atom. The fourth-order valence-corrected chi connectivity index (χ4v) is 3.11. The predicted molar refractivity (Wildman–Crippen MR) is 103 cm³/mol. The van der Waals surface area contributed by atoms with E-state index in [0.717, 1.165) is 23.4 Å². The number of carbonyl (C=O) groups excluding carboxylic acids is 1. The van der Waals surface area contributed by atoms with Crippen molar-refractivity contribution in [2.45, 2.75) is 32.5 Å². The number of aromatic amines is 1. The molecule has 9 nitrogen and oxygen atoms in total. The molecule has 0 aliphatic heterocycles. The normalized spacial score (nSPS) is 11.9. The molecule has 0 unspecified atom stereocenters. The van der Waals surface area contributed by atoms with E-state index in [1.54, 1.807) is 20.0 Å². The van der Waals surface area contributed by atoms with Gasteiger partial charge >= 0.3 is 12.2 Å². The number of H-pyrrole nitrogens is 1. The monoisotopic (exact) mass is 441 g/mol. The van der Waals surface area contributed by atoms with Crippen LogP contribution in [0.25, 0.3) is 10.6 Å². The first kappa shape index (κ1) is 21.5. The fraction of sp³-hybridized carbons (Fsp3) is 0.353. The highest BCUT2D eigenvalue weighted by Gasteiger charge is 2.31. The predicted octanol–water partition coefficient (Wildman–Crippen LogP) is 3.63. The third kappa shape index (κ3) is 5.43. The average molecular weight is 441 g/mol. The molecule has 0 fully saturated rings. The molecule has 3 rings (SSSR count). The van der Waals surface area contributed by atoms with Crippen molar-refractivity contribution in [3.63, 3.8) is 0 Å². The Labute approximate surface area is 173 Å². The molecule has 3 aromatic heterocycles. The van der Waals surface area contributed by atoms with Crippen LogP contribution in [0, 0.1) is 6.92 Å². The number of carbonyl (C=O) groups is 1. The van der Waals surface area contributed by atoms with E-state index in [0.29, 0.717) is 16.3 Å². The molecule has 3 heterocycles. The zero-order valence-corrected chi connectivity index (χ0v) is 17.0. The fourth-order valence-electron chi connectivity index (χ4n) is 2.31. The summed E-state index contributed by atoms with van der Waals surface area (Å²) in [6, 6.07) is 1.47. The zero-order valence-electron chi connectivity index (χ0n) is 16.2. The number of anilines is 1. The van der Waals surface area contributed by atoms with Gasteiger partial charge in [-0.05, 0) is 26.8 Å². The van der Waals surface area contributed by atoms with Crippen LogP contribution in [0.2, 0.25) is 0 Å². The van der Waals surface area contributed by atoms with Gasteiger partial charge in [0.2, 0.25) is 11.0 Å². The van der Waals surface area contributed by atoms with Gasteiger partial charge in [-0.15, -0.1) is 10.2 Å². The maximum absolute atomic E-state index is 12.6. The Morgan fingerprint density at radius 2 is 2.00 bits per heavy atom. The van der Waals surface area contributed by atoms with Crippen LogP contribution in [0.4, 0.5) is 23.1 Å². The van der Waals surface area contributed by atoms with Crippen LogP contribution in [0.5, 0.6) is 5.88 Å². The quantitative estimate of drug-likeness (QED) is 0.538. The van der Waals surface area contributed by atoms with E-state index in [4.69, 9.17) is 4.74 Å². The van der Waals surface area contributed by atoms with Crippen LogP contribution >= 0.6 is 11.3 Å². The van der Waals surface area contributed by atoms with Crippen molar-refractivity contribution >= 4 is 22.5 Å². The Balaban J connectivity index is 1.53. The van der Waals surface area contributed by atoms with E-state index in [2.05, 4.69) is 36.0 Å². The standard InChI is InChI=1S/C17H18F3N7O2S/c1-9-11(7-22-25-9)13-26-27-15(30-13)23-14(28)24-16(2,3)8-29-12-5-4-10(6-21-12)17(18,19)20/h4-7H,8H2,1-3H3,(H,22,25)(H2,23,24,27,28). The summed E-state index contributed by atoms with van der Waals surface area (Å²) in [4.78, 5) is 15.9. The average Bonchev–Trinajstić information content (AvgIpc) is 3.27. The van der Waals surface area contributed by atoms with Crippen molar-refractivity contribution in [3.8, 4) is 16.5 Å². The molecule has 0 spiro atoms. The molecule has 0 saturated heterocycles. The van der Waals surface area contributed by atoms with E-state index >= 15 is 0 Å². The molecule has 2 amide bonds. The van der Waals surface area contributed by atoms with Crippen molar-refractivity contribution in [2.75, 3.05) is 11.9 Å². The highest BCUT2D eigenvalue weighted by atomic mass is 32.1. The molecule has 0 atom stereocenters. The minimum absolute atomic E-state index is 0.0162. The molecule has 30 heavy (non-hydrogen) atoms. The van der Waals surface area contributed by atoms with Gasteiger partial charge in [0.1, 0.15) is 6.61 Å². The molecule has 0 radical (unpaired) electrons. The summed E-state index contributed by atoms with van der Waals surface area (Å²) >= 11 is 1.19. The van der Waals surface area contributed by atoms with E-state index < -0.39 is 23.3 Å². The van der Waals surface area contributed by atoms with Gasteiger partial charge in [-0.2, -0.15) is 18.3 Å². The maximum Gasteiger partial charge on any atom is 0.417 e. The molecule has 13 heteroatoms. The molecule has 0 aliphatic rings. The van der Waals surface area contributed by atoms with Crippen LogP contribution in [-0.2, 0) is 6.18 Å². The third-order valence-corrected chi connectivity index (χ3v) is 4.67. The van der Waals surface area contributed by atoms with E-state index in [9.17, 15) is 18.0 Å². The second-order valence-corrected chi connectivity index (χ2v) is 7.93. The van der Waals surface area contributed by atoms with Crippen molar-refractivity contribution in [2.24, 2.45) is 0 Å². The first-order chi connectivity index (χ1) is 14.0. The van der Waals surface area contributed by atoms with Crippen molar-refractivity contribution in [3.05, 3.63) is 35.8 Å². The largest absolute Gasteiger partial charge is 0.475 e. The van der Waals surface area contributed by atoms with Crippen molar-refractivity contribution in [1.82, 2.24) is 30.7 Å². The van der Waals surface area contributed by atoms with Crippen LogP contribution in [0.3, 0.4) is 0 Å². The lowest BCUT2D eigenvalue weighted by atomic mass is 10.1. The summed E-state index contributed by atoms with van der Waals surface area (Å²) in [5.41, 5.74) is -0.0898. The smallest absolute Gasteiger partial charge is 0.417 e. The summed E-state index contributed by atoms with van der Waals surface area (Å²) in [5, 5.41) is 20.9. The van der Waals surface area contributed by atoms with Crippen LogP contribution in [0.1, 0.15) is 25.1 Å². The second-order valence-electron chi connectivity index (χ2n) is 6.96. The highest BCUT2D eigenvalue weighted by Crippen LogP contribution is 2.29. The topological polar surface area (TPSA) is 118 Å². The maximum atomic E-state index is 12.6. The van der Waals surface area contributed by atoms with Crippen LogP contribution in [-0.4, -0.2) is 43.6 Å². The Bertz CT molecular complexity index is 1020. The SMILES string of the molecule is Cc1[nH]ncc1-c1nnc(NC(=O)NC(C)(C)COc2ccc(C(F)(F)F)cn2)s1. The summed E-state index contributed by atoms with van der Waals surface area (Å²) < 4.78 is 43.1. The molecule has 160 valence electrons. The van der Waals surface area contributed by atoms with E-state index in [1.165, 1.54) is 11.3 Å². The molecular formula is C17H18F3N7O2S. The van der Waals surface area contributed by atoms with Gasteiger partial charge in [-0.25, -0.2) is 9.78 Å². The van der Waals surface area contributed by atoms with Crippen LogP contribution in [0.15, 0.2) is 24.5 Å². The van der Waals surface area contributed by atoms with Gasteiger partial charge in [0.15, 0.2) is 5.01 Å². The lowest BCUT2D eigenvalue weighted by Gasteiger charge is -2.25.